The minimum absolute atomic E-state index is 0.0862. The zero-order chi connectivity index (χ0) is 19.9. The van der Waals surface area contributed by atoms with Crippen molar-refractivity contribution in [3.05, 3.63) is 51.5 Å². The van der Waals surface area contributed by atoms with Gasteiger partial charge in [0, 0.05) is 0 Å². The van der Waals surface area contributed by atoms with Crippen LogP contribution in [-0.4, -0.2) is 31.2 Å². The summed E-state index contributed by atoms with van der Waals surface area (Å²) in [4.78, 5) is 18.9. The zero-order valence-corrected chi connectivity index (χ0v) is 14.1. The first-order chi connectivity index (χ1) is 12.6. The molecular weight excluding hydrogens is 372 g/mol. The Labute approximate surface area is 149 Å². The molecule has 0 saturated carbocycles. The highest BCUT2D eigenvalue weighted by atomic mass is 19.4. The van der Waals surface area contributed by atoms with Gasteiger partial charge in [-0.1, -0.05) is 6.07 Å². The van der Waals surface area contributed by atoms with Gasteiger partial charge in [-0.3, -0.25) is 4.79 Å². The predicted molar refractivity (Wildman–Crippen MR) is 85.7 cm³/mol. The van der Waals surface area contributed by atoms with Crippen molar-refractivity contribution in [1.29, 1.82) is 0 Å². The Kier molecular flexibility index (Phi) is 4.64. The average Bonchev–Trinajstić information content (AvgIpc) is 2.93. The van der Waals surface area contributed by atoms with Crippen LogP contribution in [0.2, 0.25) is 0 Å². The second kappa shape index (κ2) is 6.65. The molecule has 144 valence electrons. The number of nitrogens with one attached hydrogen (secondary N) is 1. The molecule has 0 saturated heterocycles. The predicted octanol–water partition coefficient (Wildman–Crippen LogP) is 2.57. The second-order valence-corrected chi connectivity index (χ2v) is 5.81. The smallest absolute Gasteiger partial charge is 0.403 e. The van der Waals surface area contributed by atoms with E-state index in [1.54, 1.807) is 13.8 Å². The van der Waals surface area contributed by atoms with E-state index in [0.29, 0.717) is 5.82 Å². The monoisotopic (exact) mass is 386 g/mol. The number of fused-ring (bicyclic) bond motifs is 1. The van der Waals surface area contributed by atoms with Crippen LogP contribution in [0.25, 0.3) is 11.0 Å². The summed E-state index contributed by atoms with van der Waals surface area (Å²) in [6.45, 7) is 2.64. The lowest BCUT2D eigenvalue weighted by Crippen LogP contribution is -2.18. The van der Waals surface area contributed by atoms with Crippen LogP contribution in [0.1, 0.15) is 30.0 Å². The van der Waals surface area contributed by atoms with Gasteiger partial charge in [0.2, 0.25) is 0 Å². The first-order valence-corrected chi connectivity index (χ1v) is 7.74. The fraction of sp³-hybridized carbons (Fsp3) is 0.312. The second-order valence-electron chi connectivity index (χ2n) is 5.81. The van der Waals surface area contributed by atoms with Gasteiger partial charge < -0.3 is 14.8 Å². The molecule has 0 amide bonds. The largest absolute Gasteiger partial charge is 0.573 e. The molecule has 0 aliphatic carbocycles. The molecule has 2 heterocycles. The molecule has 0 unspecified atom stereocenters. The number of alkyl halides is 3. The summed E-state index contributed by atoms with van der Waals surface area (Å²) in [5.74, 6) is -1.84. The van der Waals surface area contributed by atoms with Crippen LogP contribution in [0.3, 0.4) is 0 Å². The molecule has 7 nitrogen and oxygen atoms in total. The number of halogens is 4. The lowest BCUT2D eigenvalue weighted by molar-refractivity contribution is -0.275. The number of aliphatic hydroxyl groups is 1. The van der Waals surface area contributed by atoms with E-state index in [4.69, 9.17) is 0 Å². The molecule has 2 N–H and O–H groups in total. The molecule has 0 bridgehead atoms. The minimum Gasteiger partial charge on any atom is -0.403 e. The average molecular weight is 386 g/mol. The highest BCUT2D eigenvalue weighted by molar-refractivity contribution is 5.77. The van der Waals surface area contributed by atoms with Crippen LogP contribution in [-0.2, 0) is 6.61 Å². The molecule has 2 aromatic heterocycles. The van der Waals surface area contributed by atoms with Crippen LogP contribution >= 0.6 is 0 Å². The SMILES string of the molecule is Cc1nc2c(c(CO)nn2[C@H](C)c2ccc(OC(F)(F)F)c(F)c2)c(=O)[nH]1. The van der Waals surface area contributed by atoms with Gasteiger partial charge >= 0.3 is 6.36 Å². The number of benzene rings is 1. The molecule has 27 heavy (non-hydrogen) atoms. The molecule has 3 rings (SSSR count). The van der Waals surface area contributed by atoms with E-state index in [-0.39, 0.29) is 22.3 Å². The molecule has 0 aliphatic rings. The Balaban J connectivity index is 2.07. The van der Waals surface area contributed by atoms with Crippen LogP contribution in [0.4, 0.5) is 17.6 Å². The van der Waals surface area contributed by atoms with Gasteiger partial charge in [-0.25, -0.2) is 14.1 Å². The standard InChI is InChI=1S/C16H14F4N4O3/c1-7(9-3-4-12(10(17)5-9)27-16(18,19)20)24-14-13(11(6-25)23-24)15(26)22-8(2)21-14/h3-5,7,25H,6H2,1-2H3,(H,21,22,26)/t7-/m1/s1. The molecule has 1 aromatic carbocycles. The number of ether oxygens (including phenoxy) is 1. The molecule has 0 spiro atoms. The van der Waals surface area contributed by atoms with Gasteiger partial charge in [-0.2, -0.15) is 5.10 Å². The van der Waals surface area contributed by atoms with Crippen molar-refractivity contribution in [3.8, 4) is 5.75 Å². The zero-order valence-electron chi connectivity index (χ0n) is 14.1. The van der Waals surface area contributed by atoms with Gasteiger partial charge in [0.15, 0.2) is 17.2 Å². The van der Waals surface area contributed by atoms with Crippen molar-refractivity contribution in [1.82, 2.24) is 19.7 Å². The molecule has 0 fully saturated rings. The molecule has 0 aliphatic heterocycles. The Morgan fingerprint density at radius 1 is 1.37 bits per heavy atom. The minimum atomic E-state index is -5.01. The quantitative estimate of drug-likeness (QED) is 0.673. The van der Waals surface area contributed by atoms with Gasteiger partial charge in [0.1, 0.15) is 16.9 Å². The molecule has 0 radical (unpaired) electrons. The molecule has 1 atom stereocenters. The Hall–Kier alpha value is -2.95. The lowest BCUT2D eigenvalue weighted by Gasteiger charge is -2.15. The number of hydrogen-bond donors (Lipinski definition) is 2. The maximum absolute atomic E-state index is 14.0. The summed E-state index contributed by atoms with van der Waals surface area (Å²) in [6.07, 6.45) is -5.01. The number of hydrogen-bond acceptors (Lipinski definition) is 5. The number of aromatic amines is 1. The van der Waals surface area contributed by atoms with E-state index in [1.165, 1.54) is 10.7 Å². The summed E-state index contributed by atoms with van der Waals surface area (Å²) in [7, 11) is 0. The Bertz CT molecular complexity index is 1060. The van der Waals surface area contributed by atoms with Gasteiger partial charge in [-0.05, 0) is 31.5 Å². The van der Waals surface area contributed by atoms with Crippen molar-refractivity contribution >= 4 is 11.0 Å². The highest BCUT2D eigenvalue weighted by Gasteiger charge is 2.32. The van der Waals surface area contributed by atoms with E-state index >= 15 is 0 Å². The number of aryl methyl sites for hydroxylation is 1. The number of aromatic nitrogens is 4. The fourth-order valence-corrected chi connectivity index (χ4v) is 2.73. The van der Waals surface area contributed by atoms with Crippen LogP contribution in [0, 0.1) is 12.7 Å². The third-order valence-corrected chi connectivity index (χ3v) is 3.93. The van der Waals surface area contributed by atoms with Crippen LogP contribution in [0.15, 0.2) is 23.0 Å². The molecule has 11 heteroatoms. The molecule has 3 aromatic rings. The van der Waals surface area contributed by atoms with Gasteiger partial charge in [-0.15, -0.1) is 13.2 Å². The number of aliphatic hydroxyl groups excluding tert-OH is 1. The van der Waals surface area contributed by atoms with E-state index in [1.807, 2.05) is 0 Å². The lowest BCUT2D eigenvalue weighted by atomic mass is 10.1. The third-order valence-electron chi connectivity index (χ3n) is 3.93. The van der Waals surface area contributed by atoms with Gasteiger partial charge in [0.25, 0.3) is 5.56 Å². The first-order valence-electron chi connectivity index (χ1n) is 7.74. The number of H-pyrrole nitrogens is 1. The summed E-state index contributed by atoms with van der Waals surface area (Å²) < 4.78 is 55.7. The Morgan fingerprint density at radius 2 is 2.07 bits per heavy atom. The van der Waals surface area contributed by atoms with E-state index in [2.05, 4.69) is 19.8 Å². The van der Waals surface area contributed by atoms with Crippen molar-refractivity contribution in [3.63, 3.8) is 0 Å². The van der Waals surface area contributed by atoms with E-state index in [0.717, 1.165) is 12.1 Å². The third kappa shape index (κ3) is 3.63. The maximum atomic E-state index is 14.0. The fourth-order valence-electron chi connectivity index (χ4n) is 2.73. The van der Waals surface area contributed by atoms with Crippen molar-refractivity contribution in [2.45, 2.75) is 32.9 Å². The topological polar surface area (TPSA) is 93.0 Å². The van der Waals surface area contributed by atoms with Crippen molar-refractivity contribution in [2.75, 3.05) is 0 Å². The van der Waals surface area contributed by atoms with Crippen molar-refractivity contribution < 1.29 is 27.4 Å². The van der Waals surface area contributed by atoms with Crippen molar-refractivity contribution in [2.24, 2.45) is 0 Å². The van der Waals surface area contributed by atoms with E-state index < -0.39 is 36.1 Å². The van der Waals surface area contributed by atoms with Crippen LogP contribution < -0.4 is 10.3 Å². The normalized spacial score (nSPS) is 13.1. The number of rotatable bonds is 4. The number of nitrogens with zero attached hydrogens (tertiary/aromatic N) is 3. The summed E-state index contributed by atoms with van der Waals surface area (Å²) >= 11 is 0. The maximum Gasteiger partial charge on any atom is 0.573 e. The summed E-state index contributed by atoms with van der Waals surface area (Å²) in [5.41, 5.74) is 0.0441. The Morgan fingerprint density at radius 3 is 2.67 bits per heavy atom. The summed E-state index contributed by atoms with van der Waals surface area (Å²) in [5, 5.41) is 13.7. The molecular formula is C16H14F4N4O3. The van der Waals surface area contributed by atoms with Gasteiger partial charge in [0.05, 0.1) is 12.6 Å². The first kappa shape index (κ1) is 18.8. The van der Waals surface area contributed by atoms with E-state index in [9.17, 15) is 27.5 Å². The van der Waals surface area contributed by atoms with Crippen LogP contribution in [0.5, 0.6) is 5.75 Å². The highest BCUT2D eigenvalue weighted by Crippen LogP contribution is 2.29. The summed E-state index contributed by atoms with van der Waals surface area (Å²) in [6, 6.07) is 2.31.